The molecule has 0 spiro atoms. The van der Waals surface area contributed by atoms with Crippen LogP contribution in [0.15, 0.2) is 0 Å². The second kappa shape index (κ2) is 3.39. The first-order valence-corrected chi connectivity index (χ1v) is 5.17. The van der Waals surface area contributed by atoms with Crippen molar-refractivity contribution in [2.75, 3.05) is 6.26 Å². The van der Waals surface area contributed by atoms with Gasteiger partial charge in [0.15, 0.2) is 15.3 Å². The van der Waals surface area contributed by atoms with Crippen LogP contribution in [0.4, 0.5) is 0 Å². The first kappa shape index (κ1) is 9.98. The molecule has 2 unspecified atom stereocenters. The highest BCUT2D eigenvalue weighted by Crippen LogP contribution is 1.85. The molecule has 10 heavy (non-hydrogen) atoms. The summed E-state index contributed by atoms with van der Waals surface area (Å²) in [5.41, 5.74) is 3.31. The molecule has 0 fully saturated rings. The molecule has 6 nitrogen and oxygen atoms in total. The van der Waals surface area contributed by atoms with Gasteiger partial charge < -0.3 is 10.3 Å². The van der Waals surface area contributed by atoms with E-state index in [2.05, 4.69) is 0 Å². The van der Waals surface area contributed by atoms with Crippen molar-refractivity contribution in [3.63, 3.8) is 0 Å². The standard InChI is InChI=1S/C2H8N2O4S2/c1-10(7,8)2(3)4-9(5)6/h2,4H,3H2,1H3,(H,5,6)/p-1. The molecule has 2 atom stereocenters. The van der Waals surface area contributed by atoms with E-state index >= 15 is 0 Å². The van der Waals surface area contributed by atoms with Crippen LogP contribution in [-0.2, 0) is 21.1 Å². The van der Waals surface area contributed by atoms with Gasteiger partial charge in [-0.3, -0.25) is 4.21 Å². The highest BCUT2D eigenvalue weighted by atomic mass is 32.2. The molecule has 0 aliphatic carbocycles. The Balaban J connectivity index is 4.12. The molecule has 0 saturated heterocycles. The van der Waals surface area contributed by atoms with Crippen molar-refractivity contribution in [3.05, 3.63) is 0 Å². The zero-order valence-electron chi connectivity index (χ0n) is 5.10. The summed E-state index contributed by atoms with van der Waals surface area (Å²) in [4.78, 5) is 0. The number of nitrogens with two attached hydrogens (primary N) is 1. The summed E-state index contributed by atoms with van der Waals surface area (Å²) in [5, 5.41) is 0. The van der Waals surface area contributed by atoms with E-state index in [1.54, 1.807) is 4.72 Å². The number of hydrogen-bond acceptors (Lipinski definition) is 5. The Morgan fingerprint density at radius 3 is 2.20 bits per heavy atom. The molecule has 3 N–H and O–H groups in total. The highest BCUT2D eigenvalue weighted by Gasteiger charge is 2.13. The lowest BCUT2D eigenvalue weighted by Crippen LogP contribution is -2.44. The largest absolute Gasteiger partial charge is 0.760 e. The molecule has 8 heteroatoms. The van der Waals surface area contributed by atoms with Gasteiger partial charge in [0.25, 0.3) is 0 Å². The van der Waals surface area contributed by atoms with E-state index < -0.39 is 26.6 Å². The van der Waals surface area contributed by atoms with E-state index in [0.717, 1.165) is 6.26 Å². The van der Waals surface area contributed by atoms with E-state index in [1.165, 1.54) is 0 Å². The van der Waals surface area contributed by atoms with E-state index in [0.29, 0.717) is 0 Å². The van der Waals surface area contributed by atoms with Crippen molar-refractivity contribution in [2.24, 2.45) is 5.73 Å². The van der Waals surface area contributed by atoms with Crippen LogP contribution in [0.3, 0.4) is 0 Å². The van der Waals surface area contributed by atoms with Crippen LogP contribution in [0.5, 0.6) is 0 Å². The second-order valence-electron chi connectivity index (χ2n) is 1.60. The van der Waals surface area contributed by atoms with Crippen molar-refractivity contribution in [1.29, 1.82) is 0 Å². The molecule has 0 bridgehead atoms. The molecule has 62 valence electrons. The second-order valence-corrected chi connectivity index (χ2v) is 4.47. The molecule has 0 aromatic carbocycles. The van der Waals surface area contributed by atoms with Gasteiger partial charge in [0.1, 0.15) is 0 Å². The monoisotopic (exact) mass is 187 g/mol. The Morgan fingerprint density at radius 2 is 2.10 bits per heavy atom. The zero-order valence-corrected chi connectivity index (χ0v) is 6.74. The molecule has 0 aromatic heterocycles. The highest BCUT2D eigenvalue weighted by molar-refractivity contribution is 7.92. The summed E-state index contributed by atoms with van der Waals surface area (Å²) in [6.45, 7) is 0. The van der Waals surface area contributed by atoms with Gasteiger partial charge in [-0.2, -0.15) is 0 Å². The summed E-state index contributed by atoms with van der Waals surface area (Å²) in [6, 6.07) is 0. The van der Waals surface area contributed by atoms with E-state index in [4.69, 9.17) is 5.73 Å². The summed E-state index contributed by atoms with van der Waals surface area (Å²) in [6.07, 6.45) is 0.831. The number of hydrogen-bond donors (Lipinski definition) is 2. The van der Waals surface area contributed by atoms with E-state index in [9.17, 15) is 17.2 Å². The average molecular weight is 187 g/mol. The number of rotatable bonds is 3. The van der Waals surface area contributed by atoms with Gasteiger partial charge >= 0.3 is 0 Å². The fourth-order valence-corrected chi connectivity index (χ4v) is 1.31. The number of sulfone groups is 1. The topological polar surface area (TPSA) is 112 Å². The Labute approximate surface area is 61.1 Å². The third-order valence-electron chi connectivity index (χ3n) is 0.674. The van der Waals surface area contributed by atoms with Crippen LogP contribution in [0, 0.1) is 0 Å². The molecule has 0 saturated carbocycles. The van der Waals surface area contributed by atoms with Gasteiger partial charge in [0.05, 0.1) is 0 Å². The normalized spacial score (nSPS) is 18.3. The summed E-state index contributed by atoms with van der Waals surface area (Å²) >= 11 is -2.65. The van der Waals surface area contributed by atoms with Gasteiger partial charge in [-0.1, -0.05) is 0 Å². The predicted molar refractivity (Wildman–Crippen MR) is 34.9 cm³/mol. The van der Waals surface area contributed by atoms with Gasteiger partial charge in [-0.15, -0.1) is 0 Å². The average Bonchev–Trinajstić information content (AvgIpc) is 1.60. The van der Waals surface area contributed by atoms with Crippen molar-refractivity contribution in [1.82, 2.24) is 4.72 Å². The maximum absolute atomic E-state index is 10.4. The first-order chi connectivity index (χ1) is 4.34. The molecule has 0 heterocycles. The van der Waals surface area contributed by atoms with E-state index in [-0.39, 0.29) is 0 Å². The van der Waals surface area contributed by atoms with Crippen molar-refractivity contribution in [2.45, 2.75) is 5.50 Å². The van der Waals surface area contributed by atoms with Crippen LogP contribution < -0.4 is 10.5 Å². The first-order valence-electron chi connectivity index (χ1n) is 2.14. The van der Waals surface area contributed by atoms with Gasteiger partial charge in [-0.25, -0.2) is 13.1 Å². The van der Waals surface area contributed by atoms with Crippen LogP contribution in [0.1, 0.15) is 0 Å². The zero-order chi connectivity index (χ0) is 8.36. The minimum Gasteiger partial charge on any atom is -0.760 e. The van der Waals surface area contributed by atoms with Crippen molar-refractivity contribution >= 4 is 21.1 Å². The summed E-state index contributed by atoms with van der Waals surface area (Å²) < 4.78 is 42.0. The maximum atomic E-state index is 10.4. The Morgan fingerprint density at radius 1 is 1.70 bits per heavy atom. The molecular weight excluding hydrogens is 180 g/mol. The van der Waals surface area contributed by atoms with Gasteiger partial charge in [0.2, 0.25) is 0 Å². The molecule has 0 aromatic rings. The molecular formula is C2H7N2O4S2-. The van der Waals surface area contributed by atoms with Crippen LogP contribution in [0.2, 0.25) is 0 Å². The van der Waals surface area contributed by atoms with Crippen molar-refractivity contribution < 1.29 is 17.2 Å². The van der Waals surface area contributed by atoms with Crippen LogP contribution >= 0.6 is 0 Å². The minimum absolute atomic E-state index is 0.831. The summed E-state index contributed by atoms with van der Waals surface area (Å²) in [7, 11) is -3.52. The minimum atomic E-state index is -3.52. The quantitative estimate of drug-likeness (QED) is 0.379. The van der Waals surface area contributed by atoms with Gasteiger partial charge in [-0.05, 0) is 0 Å². The third kappa shape index (κ3) is 3.90. The molecule has 0 aliphatic heterocycles. The Kier molecular flexibility index (Phi) is 3.39. The lowest BCUT2D eigenvalue weighted by Gasteiger charge is -2.12. The third-order valence-corrected chi connectivity index (χ3v) is 2.31. The molecule has 0 radical (unpaired) electrons. The van der Waals surface area contributed by atoms with Crippen LogP contribution in [-0.4, -0.2) is 28.9 Å². The number of nitrogens with one attached hydrogen (secondary N) is 1. The fourth-order valence-electron chi connectivity index (χ4n) is 0.182. The fraction of sp³-hybridized carbons (Fsp3) is 1.00. The SMILES string of the molecule is CS(=O)(=O)C(N)NS(=O)[O-]. The smallest absolute Gasteiger partial charge is 0.177 e. The predicted octanol–water partition coefficient (Wildman–Crippen LogP) is -2.34. The lowest BCUT2D eigenvalue weighted by atomic mass is 11.2. The van der Waals surface area contributed by atoms with Gasteiger partial charge in [0, 0.05) is 17.5 Å². The molecule has 0 rings (SSSR count). The summed E-state index contributed by atoms with van der Waals surface area (Å²) in [5.74, 6) is 0. The van der Waals surface area contributed by atoms with E-state index in [1.807, 2.05) is 0 Å². The van der Waals surface area contributed by atoms with Crippen LogP contribution in [0.25, 0.3) is 0 Å². The Hall–Kier alpha value is -0.0200. The lowest BCUT2D eigenvalue weighted by molar-refractivity contribution is 0.515. The molecule has 0 aliphatic rings. The molecule has 0 amide bonds. The maximum Gasteiger partial charge on any atom is 0.177 e. The Bertz CT molecular complexity index is 221. The van der Waals surface area contributed by atoms with Crippen molar-refractivity contribution in [3.8, 4) is 0 Å².